The lowest BCUT2D eigenvalue weighted by Gasteiger charge is -2.18. The molecule has 4 nitrogen and oxygen atoms in total. The third-order valence-electron chi connectivity index (χ3n) is 8.97. The maximum absolute atomic E-state index is 14.4. The fraction of sp³-hybridized carbons (Fsp3) is 0.300. The van der Waals surface area contributed by atoms with Crippen molar-refractivity contribution < 1.29 is 9.59 Å². The van der Waals surface area contributed by atoms with Crippen molar-refractivity contribution in [1.29, 1.82) is 0 Å². The summed E-state index contributed by atoms with van der Waals surface area (Å²) in [6.45, 7) is 5.70. The summed E-state index contributed by atoms with van der Waals surface area (Å²) in [6, 6.07) is 33.1. The molecule has 224 valence electrons. The Balaban J connectivity index is 1.47. The molecular weight excluding hydrogens is 540 g/mol. The van der Waals surface area contributed by atoms with E-state index >= 15 is 0 Å². The number of anilines is 2. The van der Waals surface area contributed by atoms with E-state index in [1.807, 2.05) is 46.2 Å². The fourth-order valence-corrected chi connectivity index (χ4v) is 6.59. The Labute approximate surface area is 262 Å². The molecule has 4 aromatic rings. The van der Waals surface area contributed by atoms with E-state index in [4.69, 9.17) is 0 Å². The summed E-state index contributed by atoms with van der Waals surface area (Å²) in [7, 11) is 0. The zero-order valence-corrected chi connectivity index (χ0v) is 26.0. The van der Waals surface area contributed by atoms with Gasteiger partial charge in [0.05, 0.1) is 22.5 Å². The molecule has 4 aromatic carbocycles. The van der Waals surface area contributed by atoms with Crippen molar-refractivity contribution in [2.45, 2.75) is 65.2 Å². The van der Waals surface area contributed by atoms with Crippen LogP contribution in [0.5, 0.6) is 0 Å². The van der Waals surface area contributed by atoms with E-state index in [1.54, 1.807) is 0 Å². The van der Waals surface area contributed by atoms with Crippen molar-refractivity contribution in [2.75, 3.05) is 22.9 Å². The van der Waals surface area contributed by atoms with Crippen molar-refractivity contribution in [3.8, 4) is 22.3 Å². The first-order chi connectivity index (χ1) is 21.6. The highest BCUT2D eigenvalue weighted by Crippen LogP contribution is 2.48. The van der Waals surface area contributed by atoms with Crippen molar-refractivity contribution in [3.05, 3.63) is 108 Å². The van der Waals surface area contributed by atoms with Gasteiger partial charge in [-0.1, -0.05) is 137 Å². The van der Waals surface area contributed by atoms with Crippen LogP contribution in [0.25, 0.3) is 33.4 Å². The van der Waals surface area contributed by atoms with Crippen LogP contribution in [0.4, 0.5) is 11.4 Å². The maximum atomic E-state index is 14.4. The van der Waals surface area contributed by atoms with Crippen molar-refractivity contribution in [3.63, 3.8) is 0 Å². The quantitative estimate of drug-likeness (QED) is 0.123. The molecule has 0 unspecified atom stereocenters. The van der Waals surface area contributed by atoms with Gasteiger partial charge in [-0.2, -0.15) is 0 Å². The molecule has 44 heavy (non-hydrogen) atoms. The summed E-state index contributed by atoms with van der Waals surface area (Å²) in [5.41, 5.74) is 9.01. The van der Waals surface area contributed by atoms with E-state index in [2.05, 4.69) is 74.5 Å². The van der Waals surface area contributed by atoms with Gasteiger partial charge in [-0.3, -0.25) is 9.59 Å². The Morgan fingerprint density at radius 2 is 0.864 bits per heavy atom. The highest BCUT2D eigenvalue weighted by Gasteiger charge is 2.42. The molecule has 0 aliphatic carbocycles. The van der Waals surface area contributed by atoms with Crippen LogP contribution in [-0.4, -0.2) is 24.9 Å². The molecule has 2 aliphatic rings. The molecule has 0 saturated carbocycles. The third-order valence-corrected chi connectivity index (χ3v) is 8.97. The smallest absolute Gasteiger partial charge is 0.259 e. The van der Waals surface area contributed by atoms with Gasteiger partial charge in [-0.15, -0.1) is 0 Å². The van der Waals surface area contributed by atoms with E-state index < -0.39 is 0 Å². The highest BCUT2D eigenvalue weighted by molar-refractivity contribution is 6.50. The molecule has 0 N–H and O–H groups in total. The normalized spacial score (nSPS) is 15.7. The molecule has 0 radical (unpaired) electrons. The number of hydrogen-bond acceptors (Lipinski definition) is 2. The summed E-state index contributed by atoms with van der Waals surface area (Å²) in [4.78, 5) is 32.7. The minimum Gasteiger partial charge on any atom is -0.308 e. The Hall–Kier alpha value is -4.44. The molecule has 2 amide bonds. The SMILES string of the molecule is CCCCCCN1C(=O)/C(=C2\C(=O)N(CCCCCC)c3cc(-c4ccccc4)ccc32)c2ccc(-c3ccccc3)cc21. The van der Waals surface area contributed by atoms with Crippen LogP contribution in [-0.2, 0) is 9.59 Å². The number of amides is 2. The van der Waals surface area contributed by atoms with E-state index in [0.717, 1.165) is 96.1 Å². The minimum absolute atomic E-state index is 0.0593. The van der Waals surface area contributed by atoms with Gasteiger partial charge in [0.15, 0.2) is 0 Å². The van der Waals surface area contributed by atoms with Gasteiger partial charge >= 0.3 is 0 Å². The first-order valence-corrected chi connectivity index (χ1v) is 16.4. The molecule has 2 aliphatic heterocycles. The number of rotatable bonds is 12. The summed E-state index contributed by atoms with van der Waals surface area (Å²) in [6.07, 6.45) is 8.61. The average Bonchev–Trinajstić information content (AvgIpc) is 3.49. The lowest BCUT2D eigenvalue weighted by Crippen LogP contribution is -2.30. The van der Waals surface area contributed by atoms with Gasteiger partial charge in [0.1, 0.15) is 0 Å². The molecule has 0 bridgehead atoms. The van der Waals surface area contributed by atoms with E-state index in [-0.39, 0.29) is 11.8 Å². The first-order valence-electron chi connectivity index (χ1n) is 16.4. The second-order valence-corrected chi connectivity index (χ2v) is 12.0. The first kappa shape index (κ1) is 29.6. The second-order valence-electron chi connectivity index (χ2n) is 12.0. The van der Waals surface area contributed by atoms with Gasteiger partial charge in [-0.05, 0) is 47.2 Å². The number of carbonyl (C=O) groups is 2. The molecule has 0 spiro atoms. The molecule has 4 heteroatoms. The van der Waals surface area contributed by atoms with Crippen molar-refractivity contribution in [1.82, 2.24) is 0 Å². The van der Waals surface area contributed by atoms with Gasteiger partial charge in [0.25, 0.3) is 11.8 Å². The summed E-state index contributed by atoms with van der Waals surface area (Å²) >= 11 is 0. The Morgan fingerprint density at radius 1 is 0.455 bits per heavy atom. The van der Waals surface area contributed by atoms with E-state index in [0.29, 0.717) is 24.2 Å². The average molecular weight is 583 g/mol. The minimum atomic E-state index is -0.0593. The maximum Gasteiger partial charge on any atom is 0.259 e. The predicted octanol–water partition coefficient (Wildman–Crippen LogP) is 9.79. The number of fused-ring (bicyclic) bond motifs is 2. The van der Waals surface area contributed by atoms with Gasteiger partial charge in [0, 0.05) is 24.2 Å². The Morgan fingerprint density at radius 3 is 1.25 bits per heavy atom. The Bertz CT molecular complexity index is 1550. The van der Waals surface area contributed by atoms with Gasteiger partial charge < -0.3 is 9.80 Å². The number of unbranched alkanes of at least 4 members (excludes halogenated alkanes) is 6. The van der Waals surface area contributed by atoms with Crippen molar-refractivity contribution >= 4 is 34.3 Å². The molecule has 0 saturated heterocycles. The zero-order chi connectivity index (χ0) is 30.5. The molecule has 0 atom stereocenters. The van der Waals surface area contributed by atoms with Gasteiger partial charge in [-0.25, -0.2) is 0 Å². The summed E-state index contributed by atoms with van der Waals surface area (Å²) < 4.78 is 0. The Kier molecular flexibility index (Phi) is 9.07. The highest BCUT2D eigenvalue weighted by atomic mass is 16.2. The standard InChI is InChI=1S/C40H42N2O2/c1-3-5-7-15-25-41-35-27-31(29-17-11-9-12-18-29)21-23-33(35)37(39(41)43)38-34-24-22-32(30-19-13-10-14-20-30)28-36(34)42(40(38)44)26-16-8-6-4-2/h9-14,17-24,27-28H,3-8,15-16,25-26H2,1-2H3/b38-37-. The fourth-order valence-electron chi connectivity index (χ4n) is 6.59. The monoisotopic (exact) mass is 582 g/mol. The summed E-state index contributed by atoms with van der Waals surface area (Å²) in [5, 5.41) is 0. The lowest BCUT2D eigenvalue weighted by molar-refractivity contribution is -0.114. The lowest BCUT2D eigenvalue weighted by atomic mass is 9.93. The predicted molar refractivity (Wildman–Crippen MR) is 184 cm³/mol. The van der Waals surface area contributed by atoms with Crippen LogP contribution in [0.1, 0.15) is 76.3 Å². The van der Waals surface area contributed by atoms with Crippen LogP contribution in [0.3, 0.4) is 0 Å². The number of benzene rings is 4. The molecule has 6 rings (SSSR count). The van der Waals surface area contributed by atoms with E-state index in [9.17, 15) is 9.59 Å². The molecule has 0 aromatic heterocycles. The molecule has 2 heterocycles. The van der Waals surface area contributed by atoms with E-state index in [1.165, 1.54) is 0 Å². The van der Waals surface area contributed by atoms with Crippen LogP contribution in [0.15, 0.2) is 97.1 Å². The van der Waals surface area contributed by atoms with Gasteiger partial charge in [0.2, 0.25) is 0 Å². The topological polar surface area (TPSA) is 40.6 Å². The van der Waals surface area contributed by atoms with Crippen LogP contribution in [0.2, 0.25) is 0 Å². The third kappa shape index (κ3) is 5.74. The van der Waals surface area contributed by atoms with Crippen LogP contribution in [0, 0.1) is 0 Å². The zero-order valence-electron chi connectivity index (χ0n) is 26.0. The largest absolute Gasteiger partial charge is 0.308 e. The van der Waals surface area contributed by atoms with Crippen LogP contribution < -0.4 is 9.80 Å². The summed E-state index contributed by atoms with van der Waals surface area (Å²) in [5.74, 6) is -0.119. The number of carbonyl (C=O) groups excluding carboxylic acids is 2. The van der Waals surface area contributed by atoms with Crippen molar-refractivity contribution in [2.24, 2.45) is 0 Å². The number of nitrogens with zero attached hydrogens (tertiary/aromatic N) is 2. The second kappa shape index (κ2) is 13.5. The molecule has 0 fully saturated rings. The number of hydrogen-bond donors (Lipinski definition) is 0. The van der Waals surface area contributed by atoms with Crippen LogP contribution >= 0.6 is 0 Å². The molecular formula is C40H42N2O2.